The van der Waals surface area contributed by atoms with Crippen LogP contribution >= 0.6 is 0 Å². The van der Waals surface area contributed by atoms with Crippen LogP contribution in [0.5, 0.6) is 0 Å². The largest absolute Gasteiger partial charge is 0.466 e. The molecular weight excluding hydrogens is 254 g/mol. The zero-order valence-corrected chi connectivity index (χ0v) is 10.4. The number of carbonyl (C=O) groups excluding carboxylic acids is 1. The number of carbonyl (C=O) groups is 1. The number of nitrogens with one attached hydrogen (secondary N) is 1. The van der Waals surface area contributed by atoms with Gasteiger partial charge < -0.3 is 15.5 Å². The molecular formula is C13H12F2N2O2. The first kappa shape index (κ1) is 13.1. The molecule has 0 bridgehead atoms. The predicted octanol–water partition coefficient (Wildman–Crippen LogP) is 3.01. The van der Waals surface area contributed by atoms with Crippen molar-refractivity contribution in [2.45, 2.75) is 13.8 Å². The Morgan fingerprint density at radius 2 is 2.00 bits per heavy atom. The minimum atomic E-state index is -1.19. The molecule has 6 heteroatoms. The second-order valence-corrected chi connectivity index (χ2v) is 4.11. The Kier molecular flexibility index (Phi) is 3.25. The summed E-state index contributed by atoms with van der Waals surface area (Å²) in [7, 11) is 0. The fourth-order valence-electron chi connectivity index (χ4n) is 1.73. The van der Waals surface area contributed by atoms with E-state index in [0.717, 1.165) is 6.07 Å². The molecule has 0 unspecified atom stereocenters. The molecule has 1 aromatic carbocycles. The molecule has 2 aromatic rings. The average molecular weight is 266 g/mol. The molecule has 0 aliphatic heterocycles. The van der Waals surface area contributed by atoms with Crippen molar-refractivity contribution in [2.24, 2.45) is 0 Å². The molecule has 1 aromatic heterocycles. The van der Waals surface area contributed by atoms with E-state index in [1.165, 1.54) is 12.1 Å². The highest BCUT2D eigenvalue weighted by molar-refractivity contribution is 6.06. The maximum atomic E-state index is 13.6. The number of anilines is 2. The summed E-state index contributed by atoms with van der Waals surface area (Å²) < 4.78 is 31.8. The third-order valence-corrected chi connectivity index (χ3v) is 2.65. The number of nitrogens with two attached hydrogens (primary N) is 1. The molecule has 0 saturated heterocycles. The topological polar surface area (TPSA) is 68.3 Å². The quantitative estimate of drug-likeness (QED) is 0.821. The van der Waals surface area contributed by atoms with Crippen LogP contribution in [0.15, 0.2) is 22.6 Å². The zero-order chi connectivity index (χ0) is 14.2. The van der Waals surface area contributed by atoms with Gasteiger partial charge in [-0.2, -0.15) is 0 Å². The molecule has 19 heavy (non-hydrogen) atoms. The van der Waals surface area contributed by atoms with Gasteiger partial charge in [-0.25, -0.2) is 8.78 Å². The summed E-state index contributed by atoms with van der Waals surface area (Å²) >= 11 is 0. The number of aryl methyl sites for hydroxylation is 2. The van der Waals surface area contributed by atoms with Gasteiger partial charge in [-0.3, -0.25) is 4.79 Å². The van der Waals surface area contributed by atoms with E-state index in [1.54, 1.807) is 13.8 Å². The summed E-state index contributed by atoms with van der Waals surface area (Å²) in [5.41, 5.74) is 5.34. The normalized spacial score (nSPS) is 10.5. The van der Waals surface area contributed by atoms with Crippen molar-refractivity contribution in [2.75, 3.05) is 11.1 Å². The lowest BCUT2D eigenvalue weighted by Gasteiger charge is -2.09. The molecule has 0 aliphatic carbocycles. The van der Waals surface area contributed by atoms with Crippen molar-refractivity contribution in [3.05, 3.63) is 46.9 Å². The van der Waals surface area contributed by atoms with Crippen LogP contribution in [-0.2, 0) is 0 Å². The second kappa shape index (κ2) is 4.72. The van der Waals surface area contributed by atoms with Gasteiger partial charge in [0.15, 0.2) is 11.6 Å². The number of nitrogen functional groups attached to an aromatic ring is 1. The lowest BCUT2D eigenvalue weighted by Crippen LogP contribution is -2.15. The molecule has 0 saturated carbocycles. The number of benzene rings is 1. The first-order chi connectivity index (χ1) is 8.90. The average Bonchev–Trinajstić information content (AvgIpc) is 2.69. The number of halogens is 2. The number of hydrogen-bond donors (Lipinski definition) is 2. The van der Waals surface area contributed by atoms with Crippen molar-refractivity contribution in [1.82, 2.24) is 0 Å². The first-order valence-corrected chi connectivity index (χ1v) is 5.52. The summed E-state index contributed by atoms with van der Waals surface area (Å²) in [6.45, 7) is 3.29. The van der Waals surface area contributed by atoms with Gasteiger partial charge in [0.1, 0.15) is 17.2 Å². The van der Waals surface area contributed by atoms with Gasteiger partial charge in [-0.15, -0.1) is 0 Å². The fourth-order valence-corrected chi connectivity index (χ4v) is 1.73. The first-order valence-electron chi connectivity index (χ1n) is 5.52. The van der Waals surface area contributed by atoms with Crippen LogP contribution in [0.1, 0.15) is 21.9 Å². The monoisotopic (exact) mass is 266 g/mol. The van der Waals surface area contributed by atoms with E-state index in [0.29, 0.717) is 11.5 Å². The summed E-state index contributed by atoms with van der Waals surface area (Å²) in [6, 6.07) is 3.59. The van der Waals surface area contributed by atoms with Gasteiger partial charge in [0.25, 0.3) is 5.91 Å². The van der Waals surface area contributed by atoms with Crippen LogP contribution in [0.25, 0.3) is 0 Å². The second-order valence-electron chi connectivity index (χ2n) is 4.11. The summed E-state index contributed by atoms with van der Waals surface area (Å²) in [6.07, 6.45) is 0. The molecule has 3 N–H and O–H groups in total. The van der Waals surface area contributed by atoms with Gasteiger partial charge in [0.05, 0.1) is 11.3 Å². The smallest absolute Gasteiger partial charge is 0.259 e. The highest BCUT2D eigenvalue weighted by Gasteiger charge is 2.18. The zero-order valence-electron chi connectivity index (χ0n) is 10.4. The van der Waals surface area contributed by atoms with E-state index in [-0.39, 0.29) is 16.9 Å². The fraction of sp³-hybridized carbons (Fsp3) is 0.154. The van der Waals surface area contributed by atoms with E-state index in [1.807, 2.05) is 0 Å². The highest BCUT2D eigenvalue weighted by Crippen LogP contribution is 2.26. The number of rotatable bonds is 2. The number of amides is 1. The molecule has 0 aliphatic rings. The molecule has 1 amide bonds. The van der Waals surface area contributed by atoms with Crippen LogP contribution in [0, 0.1) is 25.5 Å². The molecule has 0 atom stereocenters. The Labute approximate surface area is 108 Å². The van der Waals surface area contributed by atoms with Crippen LogP contribution in [0.2, 0.25) is 0 Å². The van der Waals surface area contributed by atoms with Crippen molar-refractivity contribution in [3.8, 4) is 0 Å². The third-order valence-electron chi connectivity index (χ3n) is 2.65. The molecule has 0 spiro atoms. The third kappa shape index (κ3) is 2.42. The molecule has 100 valence electrons. The van der Waals surface area contributed by atoms with Crippen molar-refractivity contribution >= 4 is 17.3 Å². The standard InChI is InChI=1S/C13H12F2N2O2/c1-6-5-8(7(2)19-6)13(18)17-12-10(16)4-3-9(14)11(12)15/h3-5H,16H2,1-2H3,(H,17,18). The van der Waals surface area contributed by atoms with Crippen LogP contribution in [-0.4, -0.2) is 5.91 Å². The van der Waals surface area contributed by atoms with Crippen LogP contribution < -0.4 is 11.1 Å². The SMILES string of the molecule is Cc1cc(C(=O)Nc2c(N)ccc(F)c2F)c(C)o1. The van der Waals surface area contributed by atoms with Gasteiger partial charge in [0, 0.05) is 0 Å². The molecule has 0 radical (unpaired) electrons. The molecule has 2 rings (SSSR count). The van der Waals surface area contributed by atoms with E-state index < -0.39 is 17.5 Å². The number of furan rings is 1. The van der Waals surface area contributed by atoms with Crippen LogP contribution in [0.3, 0.4) is 0 Å². The van der Waals surface area contributed by atoms with Crippen molar-refractivity contribution < 1.29 is 18.0 Å². The van der Waals surface area contributed by atoms with Gasteiger partial charge in [-0.1, -0.05) is 0 Å². The number of hydrogen-bond acceptors (Lipinski definition) is 3. The van der Waals surface area contributed by atoms with Gasteiger partial charge in [0.2, 0.25) is 0 Å². The Balaban J connectivity index is 2.34. The van der Waals surface area contributed by atoms with Crippen LogP contribution in [0.4, 0.5) is 20.2 Å². The maximum Gasteiger partial charge on any atom is 0.259 e. The summed E-state index contributed by atoms with van der Waals surface area (Å²) in [5, 5.41) is 2.25. The van der Waals surface area contributed by atoms with E-state index >= 15 is 0 Å². The minimum Gasteiger partial charge on any atom is -0.466 e. The minimum absolute atomic E-state index is 0.0508. The summed E-state index contributed by atoms with van der Waals surface area (Å²) in [5.74, 6) is -1.93. The Morgan fingerprint density at radius 1 is 1.32 bits per heavy atom. The van der Waals surface area contributed by atoms with E-state index in [9.17, 15) is 13.6 Å². The Morgan fingerprint density at radius 3 is 2.58 bits per heavy atom. The molecule has 0 fully saturated rings. The van der Waals surface area contributed by atoms with Crippen molar-refractivity contribution in [3.63, 3.8) is 0 Å². The lowest BCUT2D eigenvalue weighted by atomic mass is 10.2. The van der Waals surface area contributed by atoms with E-state index in [2.05, 4.69) is 5.32 Å². The Hall–Kier alpha value is -2.37. The van der Waals surface area contributed by atoms with E-state index in [4.69, 9.17) is 10.2 Å². The maximum absolute atomic E-state index is 13.6. The van der Waals surface area contributed by atoms with Crippen molar-refractivity contribution in [1.29, 1.82) is 0 Å². The van der Waals surface area contributed by atoms with Gasteiger partial charge in [-0.05, 0) is 32.0 Å². The lowest BCUT2D eigenvalue weighted by molar-refractivity contribution is 0.102. The molecule has 1 heterocycles. The summed E-state index contributed by atoms with van der Waals surface area (Å²) in [4.78, 5) is 11.9. The molecule has 4 nitrogen and oxygen atoms in total. The predicted molar refractivity (Wildman–Crippen MR) is 66.9 cm³/mol. The van der Waals surface area contributed by atoms with Gasteiger partial charge >= 0.3 is 0 Å². The highest BCUT2D eigenvalue weighted by atomic mass is 19.2. The Bertz CT molecular complexity index is 650.